The van der Waals surface area contributed by atoms with Crippen molar-refractivity contribution in [1.29, 1.82) is 0 Å². The lowest BCUT2D eigenvalue weighted by Crippen LogP contribution is -2.10. The highest BCUT2D eigenvalue weighted by Gasteiger charge is 2.26. The van der Waals surface area contributed by atoms with E-state index in [1.807, 2.05) is 0 Å². The number of hydrogen-bond donors (Lipinski definition) is 2. The molecule has 40 heavy (non-hydrogen) atoms. The van der Waals surface area contributed by atoms with E-state index in [9.17, 15) is 22.8 Å². The molecule has 0 atom stereocenters. The number of anilines is 2. The molecule has 10 heteroatoms. The van der Waals surface area contributed by atoms with Crippen molar-refractivity contribution >= 4 is 29.4 Å². The van der Waals surface area contributed by atoms with Crippen LogP contribution < -0.4 is 20.9 Å². The summed E-state index contributed by atoms with van der Waals surface area (Å²) in [5, 5.41) is 0. The van der Waals surface area contributed by atoms with Gasteiger partial charge in [0.15, 0.2) is 0 Å². The molecule has 3 aromatic carbocycles. The van der Waals surface area contributed by atoms with E-state index in [-0.39, 0.29) is 25.2 Å². The lowest BCUT2D eigenvalue weighted by Gasteiger charge is -2.09. The second kappa shape index (κ2) is 14.4. The number of hydrogen-bond acceptors (Lipinski definition) is 7. The van der Waals surface area contributed by atoms with Crippen LogP contribution in [0.4, 0.5) is 24.5 Å². The highest BCUT2D eigenvalue weighted by Crippen LogP contribution is 2.22. The summed E-state index contributed by atoms with van der Waals surface area (Å²) in [6.45, 7) is 0.107. The number of nitrogen functional groups attached to an aromatic ring is 2. The predicted octanol–water partition coefficient (Wildman–Crippen LogP) is 6.15. The van der Waals surface area contributed by atoms with Gasteiger partial charge in [0.2, 0.25) is 0 Å². The van der Waals surface area contributed by atoms with Gasteiger partial charge >= 0.3 is 18.1 Å². The molecule has 0 aliphatic heterocycles. The number of halogens is 3. The van der Waals surface area contributed by atoms with Gasteiger partial charge < -0.3 is 25.7 Å². The average Bonchev–Trinajstić information content (AvgIpc) is 2.91. The molecule has 3 rings (SSSR count). The molecule has 0 aliphatic rings. The Morgan fingerprint density at radius 3 is 2.23 bits per heavy atom. The van der Waals surface area contributed by atoms with Gasteiger partial charge in [-0.05, 0) is 66.1 Å². The minimum Gasteiger partial charge on any atom is -0.494 e. The molecule has 0 spiro atoms. The van der Waals surface area contributed by atoms with Crippen LogP contribution in [0.2, 0.25) is 0 Å². The Morgan fingerprint density at radius 1 is 0.850 bits per heavy atom. The number of rotatable bonds is 12. The minimum absolute atomic E-state index is 0.0782. The number of nitrogens with two attached hydrogens (primary N) is 2. The predicted molar refractivity (Wildman–Crippen MR) is 147 cm³/mol. The van der Waals surface area contributed by atoms with Gasteiger partial charge in [-0.25, -0.2) is 9.59 Å². The first-order valence-corrected chi connectivity index (χ1v) is 12.4. The van der Waals surface area contributed by atoms with Gasteiger partial charge in [0.25, 0.3) is 0 Å². The summed E-state index contributed by atoms with van der Waals surface area (Å²) in [5.41, 5.74) is 14.6. The molecule has 0 aliphatic carbocycles. The summed E-state index contributed by atoms with van der Waals surface area (Å²) >= 11 is 0. The maximum Gasteiger partial charge on any atom is 0.389 e. The van der Waals surface area contributed by atoms with Crippen LogP contribution in [0.15, 0.2) is 85.0 Å². The van der Waals surface area contributed by atoms with Crippen LogP contribution in [-0.2, 0) is 16.0 Å². The minimum atomic E-state index is -4.21. The third-order valence-electron chi connectivity index (χ3n) is 5.47. The molecular formula is C30H29F3N2O5. The van der Waals surface area contributed by atoms with E-state index in [0.29, 0.717) is 29.3 Å². The van der Waals surface area contributed by atoms with E-state index < -0.39 is 24.5 Å². The lowest BCUT2D eigenvalue weighted by molar-refractivity contribution is -0.138. The highest BCUT2D eigenvalue weighted by atomic mass is 19.4. The van der Waals surface area contributed by atoms with Gasteiger partial charge in [-0.2, -0.15) is 13.2 Å². The summed E-state index contributed by atoms with van der Waals surface area (Å²) in [4.78, 5) is 24.2. The monoisotopic (exact) mass is 554 g/mol. The molecule has 0 amide bonds. The molecule has 0 radical (unpaired) electrons. The van der Waals surface area contributed by atoms with E-state index >= 15 is 0 Å². The summed E-state index contributed by atoms with van der Waals surface area (Å²) < 4.78 is 52.3. The summed E-state index contributed by atoms with van der Waals surface area (Å²) in [5.74, 6) is -0.384. The summed E-state index contributed by atoms with van der Waals surface area (Å²) in [6, 6.07) is 17.9. The molecule has 0 bridgehead atoms. The molecule has 210 valence electrons. The molecule has 4 N–H and O–H groups in total. The van der Waals surface area contributed by atoms with Gasteiger partial charge in [0.05, 0.1) is 18.8 Å². The Labute approximate surface area is 229 Å². The first-order valence-electron chi connectivity index (χ1n) is 12.4. The number of allylic oxidation sites excluding steroid dienone is 2. The van der Waals surface area contributed by atoms with E-state index in [0.717, 1.165) is 11.1 Å². The molecule has 0 fully saturated rings. The summed E-state index contributed by atoms with van der Waals surface area (Å²) in [7, 11) is 0. The van der Waals surface area contributed by atoms with Crippen LogP contribution in [0.3, 0.4) is 0 Å². The number of alkyl halides is 3. The SMILES string of the molecule is Nc1ccc(CCOC(=O)C=CC=Cc2ccc(OC(=O)c3ccc(OCCCC(F)(F)F)cc3)cc2)c(N)c1. The lowest BCUT2D eigenvalue weighted by atomic mass is 10.1. The normalized spacial score (nSPS) is 11.6. The zero-order valence-corrected chi connectivity index (χ0v) is 21.5. The number of carbonyl (C=O) groups is 2. The van der Waals surface area contributed by atoms with E-state index in [4.69, 9.17) is 25.7 Å². The smallest absolute Gasteiger partial charge is 0.389 e. The highest BCUT2D eigenvalue weighted by molar-refractivity contribution is 5.91. The third kappa shape index (κ3) is 10.6. The van der Waals surface area contributed by atoms with E-state index in [2.05, 4.69) is 0 Å². The Kier molecular flexibility index (Phi) is 10.8. The fourth-order valence-corrected chi connectivity index (χ4v) is 3.41. The number of carbonyl (C=O) groups excluding carboxylic acids is 2. The van der Waals surface area contributed by atoms with E-state index in [1.54, 1.807) is 60.7 Å². The zero-order valence-electron chi connectivity index (χ0n) is 21.5. The Hall–Kier alpha value is -4.73. The second-order valence-corrected chi connectivity index (χ2v) is 8.64. The molecule has 0 saturated carbocycles. The second-order valence-electron chi connectivity index (χ2n) is 8.64. The number of ether oxygens (including phenoxy) is 3. The van der Waals surface area contributed by atoms with Crippen molar-refractivity contribution in [2.75, 3.05) is 24.7 Å². The van der Waals surface area contributed by atoms with Crippen LogP contribution >= 0.6 is 0 Å². The number of esters is 2. The van der Waals surface area contributed by atoms with Crippen LogP contribution in [0.1, 0.15) is 34.3 Å². The van der Waals surface area contributed by atoms with Gasteiger partial charge in [-0.15, -0.1) is 0 Å². The van der Waals surface area contributed by atoms with Crippen molar-refractivity contribution in [1.82, 2.24) is 0 Å². The summed E-state index contributed by atoms with van der Waals surface area (Å²) in [6.07, 6.45) is 1.49. The van der Waals surface area contributed by atoms with Crippen molar-refractivity contribution in [3.63, 3.8) is 0 Å². The molecule has 0 saturated heterocycles. The maximum atomic E-state index is 12.4. The fraction of sp³-hybridized carbons (Fsp3) is 0.200. The van der Waals surface area contributed by atoms with Crippen LogP contribution in [-0.4, -0.2) is 31.3 Å². The molecule has 7 nitrogen and oxygen atoms in total. The molecule has 0 heterocycles. The quantitative estimate of drug-likeness (QED) is 0.0690. The maximum absolute atomic E-state index is 12.4. The van der Waals surface area contributed by atoms with Gasteiger partial charge in [0.1, 0.15) is 11.5 Å². The van der Waals surface area contributed by atoms with Crippen molar-refractivity contribution < 1.29 is 37.0 Å². The van der Waals surface area contributed by atoms with Crippen molar-refractivity contribution in [2.45, 2.75) is 25.4 Å². The first kappa shape index (κ1) is 29.8. The number of benzene rings is 3. The Balaban J connectivity index is 1.39. The Bertz CT molecular complexity index is 1330. The largest absolute Gasteiger partial charge is 0.494 e. The van der Waals surface area contributed by atoms with Crippen LogP contribution in [0, 0.1) is 0 Å². The molecule has 3 aromatic rings. The molecule has 0 aromatic heterocycles. The zero-order chi connectivity index (χ0) is 29.0. The van der Waals surface area contributed by atoms with Gasteiger partial charge in [-0.3, -0.25) is 0 Å². The van der Waals surface area contributed by atoms with E-state index in [1.165, 1.54) is 30.3 Å². The van der Waals surface area contributed by atoms with Crippen LogP contribution in [0.25, 0.3) is 6.08 Å². The standard InChI is InChI=1S/C30H29F3N2O5/c31-30(32,33)17-3-18-38-25-14-9-23(10-15-25)29(37)40-26-12-6-21(7-13-26)4-1-2-5-28(36)39-19-16-22-8-11-24(34)20-27(22)35/h1-2,4-15,20H,3,16-19,34-35H2. The topological polar surface area (TPSA) is 114 Å². The van der Waals surface area contributed by atoms with Crippen LogP contribution in [0.5, 0.6) is 11.5 Å². The first-order chi connectivity index (χ1) is 19.1. The van der Waals surface area contributed by atoms with Crippen molar-refractivity contribution in [3.8, 4) is 11.5 Å². The average molecular weight is 555 g/mol. The third-order valence-corrected chi connectivity index (χ3v) is 5.47. The van der Waals surface area contributed by atoms with Gasteiger partial charge in [0, 0.05) is 30.3 Å². The molecular weight excluding hydrogens is 525 g/mol. The molecule has 0 unspecified atom stereocenters. The fourth-order valence-electron chi connectivity index (χ4n) is 3.41. The van der Waals surface area contributed by atoms with Crippen molar-refractivity contribution in [3.05, 3.63) is 102 Å². The van der Waals surface area contributed by atoms with Crippen molar-refractivity contribution in [2.24, 2.45) is 0 Å². The van der Waals surface area contributed by atoms with Gasteiger partial charge in [-0.1, -0.05) is 36.4 Å². The Morgan fingerprint density at radius 2 is 1.55 bits per heavy atom.